The van der Waals surface area contributed by atoms with Crippen LogP contribution in [0.1, 0.15) is 26.2 Å². The van der Waals surface area contributed by atoms with Crippen LogP contribution < -0.4 is 10.2 Å². The van der Waals surface area contributed by atoms with Crippen molar-refractivity contribution in [3.05, 3.63) is 30.3 Å². The first-order chi connectivity index (χ1) is 9.86. The SMILES string of the molecule is CCC(CNC1CC1)N1CCN(c2ccccc2)CC1. The largest absolute Gasteiger partial charge is 0.369 e. The third kappa shape index (κ3) is 3.53. The number of benzene rings is 1. The molecule has 1 N–H and O–H groups in total. The number of hydrogen-bond acceptors (Lipinski definition) is 3. The van der Waals surface area contributed by atoms with Crippen LogP contribution in [0.4, 0.5) is 5.69 Å². The first-order valence-corrected chi connectivity index (χ1v) is 8.14. The average molecular weight is 273 g/mol. The number of para-hydroxylation sites is 1. The van der Waals surface area contributed by atoms with Crippen molar-refractivity contribution in [2.75, 3.05) is 37.6 Å². The molecule has 0 aromatic heterocycles. The number of nitrogens with zero attached hydrogens (tertiary/aromatic N) is 2. The van der Waals surface area contributed by atoms with Crippen molar-refractivity contribution >= 4 is 5.69 Å². The van der Waals surface area contributed by atoms with Crippen molar-refractivity contribution in [1.82, 2.24) is 10.2 Å². The van der Waals surface area contributed by atoms with Crippen molar-refractivity contribution in [2.45, 2.75) is 38.3 Å². The molecule has 1 aliphatic carbocycles. The highest BCUT2D eigenvalue weighted by Crippen LogP contribution is 2.20. The Bertz CT molecular complexity index is 394. The zero-order valence-corrected chi connectivity index (χ0v) is 12.6. The number of hydrogen-bond donors (Lipinski definition) is 1. The Balaban J connectivity index is 1.49. The second-order valence-corrected chi connectivity index (χ2v) is 6.10. The van der Waals surface area contributed by atoms with Gasteiger partial charge >= 0.3 is 0 Å². The lowest BCUT2D eigenvalue weighted by atomic mass is 10.1. The quantitative estimate of drug-likeness (QED) is 0.858. The molecule has 1 aromatic rings. The molecular weight excluding hydrogens is 246 g/mol. The van der Waals surface area contributed by atoms with Gasteiger partial charge in [-0.25, -0.2) is 0 Å². The van der Waals surface area contributed by atoms with Crippen LogP contribution in [0.3, 0.4) is 0 Å². The third-order valence-electron chi connectivity index (χ3n) is 4.64. The van der Waals surface area contributed by atoms with Crippen LogP contribution in [0.25, 0.3) is 0 Å². The summed E-state index contributed by atoms with van der Waals surface area (Å²) >= 11 is 0. The summed E-state index contributed by atoms with van der Waals surface area (Å²) in [5.41, 5.74) is 1.37. The van der Waals surface area contributed by atoms with Crippen molar-refractivity contribution in [3.63, 3.8) is 0 Å². The van der Waals surface area contributed by atoms with Crippen molar-refractivity contribution in [3.8, 4) is 0 Å². The maximum Gasteiger partial charge on any atom is 0.0367 e. The van der Waals surface area contributed by atoms with Gasteiger partial charge < -0.3 is 10.2 Å². The van der Waals surface area contributed by atoms with Crippen molar-refractivity contribution in [2.24, 2.45) is 0 Å². The Morgan fingerprint density at radius 3 is 2.40 bits per heavy atom. The lowest BCUT2D eigenvalue weighted by Gasteiger charge is -2.40. The second kappa shape index (κ2) is 6.59. The zero-order valence-electron chi connectivity index (χ0n) is 12.6. The lowest BCUT2D eigenvalue weighted by Crippen LogP contribution is -2.53. The molecule has 0 radical (unpaired) electrons. The molecule has 2 fully saturated rings. The molecule has 3 rings (SSSR count). The fourth-order valence-corrected chi connectivity index (χ4v) is 3.11. The van der Waals surface area contributed by atoms with Gasteiger partial charge in [0, 0.05) is 50.5 Å². The molecule has 0 amide bonds. The van der Waals surface area contributed by atoms with E-state index in [1.54, 1.807) is 0 Å². The Hall–Kier alpha value is -1.06. The predicted molar refractivity (Wildman–Crippen MR) is 85.3 cm³/mol. The van der Waals surface area contributed by atoms with Crippen molar-refractivity contribution in [1.29, 1.82) is 0 Å². The normalized spacial score (nSPS) is 21.9. The van der Waals surface area contributed by atoms with Gasteiger partial charge in [-0.15, -0.1) is 0 Å². The van der Waals surface area contributed by atoms with E-state index in [2.05, 4.69) is 52.4 Å². The summed E-state index contributed by atoms with van der Waals surface area (Å²) in [5, 5.41) is 3.69. The van der Waals surface area contributed by atoms with Gasteiger partial charge in [-0.2, -0.15) is 0 Å². The molecule has 110 valence electrons. The first kappa shape index (κ1) is 13.9. The Labute approximate surface area is 123 Å². The topological polar surface area (TPSA) is 18.5 Å². The molecule has 1 atom stereocenters. The highest BCUT2D eigenvalue weighted by atomic mass is 15.3. The summed E-state index contributed by atoms with van der Waals surface area (Å²) in [7, 11) is 0. The summed E-state index contributed by atoms with van der Waals surface area (Å²) in [6, 6.07) is 12.4. The van der Waals surface area contributed by atoms with Gasteiger partial charge in [0.15, 0.2) is 0 Å². The molecule has 0 spiro atoms. The summed E-state index contributed by atoms with van der Waals surface area (Å²) in [5.74, 6) is 0. The molecule has 1 aliphatic heterocycles. The van der Waals surface area contributed by atoms with E-state index < -0.39 is 0 Å². The summed E-state index contributed by atoms with van der Waals surface area (Å²) in [6.45, 7) is 8.20. The van der Waals surface area contributed by atoms with Gasteiger partial charge in [0.05, 0.1) is 0 Å². The van der Waals surface area contributed by atoms with Crippen LogP contribution in [-0.2, 0) is 0 Å². The van der Waals surface area contributed by atoms with E-state index in [0.717, 1.165) is 19.1 Å². The van der Waals surface area contributed by atoms with Crippen LogP contribution in [0.5, 0.6) is 0 Å². The molecule has 1 heterocycles. The van der Waals surface area contributed by atoms with Crippen LogP contribution in [0.2, 0.25) is 0 Å². The Morgan fingerprint density at radius 1 is 1.10 bits per heavy atom. The van der Waals surface area contributed by atoms with Gasteiger partial charge in [-0.05, 0) is 31.4 Å². The fourth-order valence-electron chi connectivity index (χ4n) is 3.11. The summed E-state index contributed by atoms with van der Waals surface area (Å²) in [6.07, 6.45) is 4.03. The molecule has 1 unspecified atom stereocenters. The third-order valence-corrected chi connectivity index (χ3v) is 4.64. The van der Waals surface area contributed by atoms with E-state index in [1.807, 2.05) is 0 Å². The monoisotopic (exact) mass is 273 g/mol. The predicted octanol–water partition coefficient (Wildman–Crippen LogP) is 2.34. The van der Waals surface area contributed by atoms with Crippen LogP contribution >= 0.6 is 0 Å². The number of nitrogens with one attached hydrogen (secondary N) is 1. The highest BCUT2D eigenvalue weighted by Gasteiger charge is 2.26. The zero-order chi connectivity index (χ0) is 13.8. The van der Waals surface area contributed by atoms with Gasteiger partial charge in [0.1, 0.15) is 0 Å². The minimum Gasteiger partial charge on any atom is -0.369 e. The number of piperazine rings is 1. The molecule has 1 aromatic carbocycles. The van der Waals surface area contributed by atoms with Gasteiger partial charge in [0.25, 0.3) is 0 Å². The molecule has 0 bridgehead atoms. The first-order valence-electron chi connectivity index (χ1n) is 8.14. The summed E-state index contributed by atoms with van der Waals surface area (Å²) < 4.78 is 0. The molecule has 20 heavy (non-hydrogen) atoms. The smallest absolute Gasteiger partial charge is 0.0367 e. The van der Waals surface area contributed by atoms with E-state index in [-0.39, 0.29) is 0 Å². The van der Waals surface area contributed by atoms with Gasteiger partial charge in [0.2, 0.25) is 0 Å². The molecule has 3 heteroatoms. The van der Waals surface area contributed by atoms with Crippen LogP contribution in [0.15, 0.2) is 30.3 Å². The maximum atomic E-state index is 3.69. The van der Waals surface area contributed by atoms with Crippen molar-refractivity contribution < 1.29 is 0 Å². The van der Waals surface area contributed by atoms with Crippen LogP contribution in [-0.4, -0.2) is 49.7 Å². The Kier molecular flexibility index (Phi) is 4.58. The maximum absolute atomic E-state index is 3.69. The second-order valence-electron chi connectivity index (χ2n) is 6.10. The van der Waals surface area contributed by atoms with E-state index in [0.29, 0.717) is 6.04 Å². The summed E-state index contributed by atoms with van der Waals surface area (Å²) in [4.78, 5) is 5.19. The average Bonchev–Trinajstić information content (AvgIpc) is 3.34. The molecule has 1 saturated heterocycles. The van der Waals surface area contributed by atoms with E-state index >= 15 is 0 Å². The van der Waals surface area contributed by atoms with E-state index in [9.17, 15) is 0 Å². The molecule has 1 saturated carbocycles. The minimum atomic E-state index is 0.716. The van der Waals surface area contributed by atoms with Gasteiger partial charge in [-0.1, -0.05) is 25.1 Å². The Morgan fingerprint density at radius 2 is 1.80 bits per heavy atom. The molecule has 3 nitrogen and oxygen atoms in total. The minimum absolute atomic E-state index is 0.716. The van der Waals surface area contributed by atoms with E-state index in [4.69, 9.17) is 0 Å². The van der Waals surface area contributed by atoms with E-state index in [1.165, 1.54) is 44.6 Å². The standard InChI is InChI=1S/C17H27N3/c1-2-16(14-18-15-8-9-15)19-10-12-20(13-11-19)17-6-4-3-5-7-17/h3-7,15-16,18H,2,8-14H2,1H3. The highest BCUT2D eigenvalue weighted by molar-refractivity contribution is 5.46. The molecule has 2 aliphatic rings. The number of rotatable bonds is 6. The van der Waals surface area contributed by atoms with Gasteiger partial charge in [-0.3, -0.25) is 4.90 Å². The lowest BCUT2D eigenvalue weighted by molar-refractivity contribution is 0.176. The number of anilines is 1. The molecular formula is C17H27N3. The fraction of sp³-hybridized carbons (Fsp3) is 0.647. The van der Waals surface area contributed by atoms with Crippen LogP contribution in [0, 0.1) is 0 Å².